The SMILES string of the molecule is C=CC(=O)OCCCOc1ccc(C(=O)Oc2ccc(OC(=O)c3ccc(C)cc3)cc2C)cc1. The Morgan fingerprint density at radius 2 is 1.37 bits per heavy atom. The van der Waals surface area contributed by atoms with Crippen LogP contribution in [0.15, 0.2) is 79.4 Å². The standard InChI is InChI=1S/C28H26O7/c1-4-26(29)33-17-5-16-32-23-12-10-22(11-13-23)28(31)35-25-15-14-24(18-20(25)3)34-27(30)21-8-6-19(2)7-9-21/h4,6-15,18H,1,5,16-17H2,2-3H3. The van der Waals surface area contributed by atoms with Crippen LogP contribution in [-0.4, -0.2) is 31.1 Å². The van der Waals surface area contributed by atoms with Crippen LogP contribution in [0.2, 0.25) is 0 Å². The Morgan fingerprint density at radius 3 is 2.00 bits per heavy atom. The average Bonchev–Trinajstić information content (AvgIpc) is 2.86. The van der Waals surface area contributed by atoms with Crippen molar-refractivity contribution >= 4 is 17.9 Å². The van der Waals surface area contributed by atoms with Gasteiger partial charge in [0.05, 0.1) is 24.3 Å². The number of ether oxygens (including phenoxy) is 4. The highest BCUT2D eigenvalue weighted by atomic mass is 16.5. The maximum Gasteiger partial charge on any atom is 0.343 e. The summed E-state index contributed by atoms with van der Waals surface area (Å²) in [6.45, 7) is 7.61. The first-order valence-corrected chi connectivity index (χ1v) is 11.0. The van der Waals surface area contributed by atoms with Gasteiger partial charge < -0.3 is 18.9 Å². The fraction of sp³-hybridized carbons (Fsp3) is 0.179. The molecule has 0 N–H and O–H groups in total. The van der Waals surface area contributed by atoms with Gasteiger partial charge in [0.1, 0.15) is 17.2 Å². The maximum absolute atomic E-state index is 12.5. The van der Waals surface area contributed by atoms with Gasteiger partial charge >= 0.3 is 17.9 Å². The Labute approximate surface area is 203 Å². The molecule has 0 saturated heterocycles. The zero-order valence-electron chi connectivity index (χ0n) is 19.6. The smallest absolute Gasteiger partial charge is 0.343 e. The average molecular weight is 475 g/mol. The predicted octanol–water partition coefficient (Wildman–Crippen LogP) is 5.24. The molecule has 0 spiro atoms. The van der Waals surface area contributed by atoms with Gasteiger partial charge in [-0.3, -0.25) is 0 Å². The normalized spacial score (nSPS) is 10.2. The number of hydrogen-bond acceptors (Lipinski definition) is 7. The molecule has 7 heteroatoms. The van der Waals surface area contributed by atoms with E-state index in [9.17, 15) is 14.4 Å². The highest BCUT2D eigenvalue weighted by molar-refractivity contribution is 5.92. The van der Waals surface area contributed by atoms with E-state index in [-0.39, 0.29) is 6.61 Å². The van der Waals surface area contributed by atoms with Gasteiger partial charge in [0.2, 0.25) is 0 Å². The van der Waals surface area contributed by atoms with Crippen molar-refractivity contribution in [3.05, 3.63) is 102 Å². The molecule has 3 aromatic carbocycles. The molecule has 35 heavy (non-hydrogen) atoms. The minimum atomic E-state index is -0.527. The molecule has 0 atom stereocenters. The topological polar surface area (TPSA) is 88.1 Å². The van der Waals surface area contributed by atoms with Crippen molar-refractivity contribution in [3.8, 4) is 17.2 Å². The molecule has 0 saturated carbocycles. The van der Waals surface area contributed by atoms with Gasteiger partial charge in [-0.1, -0.05) is 24.3 Å². The number of esters is 3. The molecular weight excluding hydrogens is 448 g/mol. The van der Waals surface area contributed by atoms with E-state index in [4.69, 9.17) is 18.9 Å². The lowest BCUT2D eigenvalue weighted by atomic mass is 10.1. The summed E-state index contributed by atoms with van der Waals surface area (Å²) in [5, 5.41) is 0. The Bertz CT molecular complexity index is 1190. The van der Waals surface area contributed by atoms with E-state index in [1.165, 1.54) is 0 Å². The zero-order valence-corrected chi connectivity index (χ0v) is 19.6. The van der Waals surface area contributed by atoms with Gasteiger partial charge in [-0.25, -0.2) is 14.4 Å². The second-order valence-electron chi connectivity index (χ2n) is 7.67. The number of carbonyl (C=O) groups excluding carboxylic acids is 3. The number of carbonyl (C=O) groups is 3. The van der Waals surface area contributed by atoms with Gasteiger partial charge in [0.15, 0.2) is 0 Å². The molecule has 0 radical (unpaired) electrons. The van der Waals surface area contributed by atoms with E-state index in [1.807, 2.05) is 19.1 Å². The lowest BCUT2D eigenvalue weighted by Gasteiger charge is -2.11. The quantitative estimate of drug-likeness (QED) is 0.172. The van der Waals surface area contributed by atoms with Gasteiger partial charge in [-0.2, -0.15) is 0 Å². The molecule has 0 aliphatic carbocycles. The Hall–Kier alpha value is -4.39. The van der Waals surface area contributed by atoms with Crippen molar-refractivity contribution in [1.29, 1.82) is 0 Å². The van der Waals surface area contributed by atoms with E-state index in [0.717, 1.165) is 11.6 Å². The van der Waals surface area contributed by atoms with Crippen LogP contribution in [0.1, 0.15) is 38.3 Å². The van der Waals surface area contributed by atoms with Crippen LogP contribution in [0.3, 0.4) is 0 Å². The van der Waals surface area contributed by atoms with Crippen molar-refractivity contribution in [1.82, 2.24) is 0 Å². The van der Waals surface area contributed by atoms with E-state index >= 15 is 0 Å². The minimum absolute atomic E-state index is 0.235. The predicted molar refractivity (Wildman–Crippen MR) is 130 cm³/mol. The van der Waals surface area contributed by atoms with Crippen LogP contribution in [0, 0.1) is 13.8 Å². The van der Waals surface area contributed by atoms with Gasteiger partial charge in [0, 0.05) is 12.5 Å². The molecular formula is C28H26O7. The number of aryl methyl sites for hydroxylation is 2. The van der Waals surface area contributed by atoms with Crippen molar-refractivity contribution in [2.24, 2.45) is 0 Å². The van der Waals surface area contributed by atoms with Crippen LogP contribution in [0.4, 0.5) is 0 Å². The molecule has 180 valence electrons. The third kappa shape index (κ3) is 7.57. The van der Waals surface area contributed by atoms with Crippen LogP contribution in [-0.2, 0) is 9.53 Å². The molecule has 0 bridgehead atoms. The third-order valence-corrected chi connectivity index (χ3v) is 4.91. The van der Waals surface area contributed by atoms with Gasteiger partial charge in [-0.15, -0.1) is 0 Å². The van der Waals surface area contributed by atoms with E-state index in [1.54, 1.807) is 61.5 Å². The largest absolute Gasteiger partial charge is 0.493 e. The fourth-order valence-electron chi connectivity index (χ4n) is 2.98. The molecule has 3 aromatic rings. The number of rotatable bonds is 10. The molecule has 0 amide bonds. The maximum atomic E-state index is 12.5. The second-order valence-corrected chi connectivity index (χ2v) is 7.67. The summed E-state index contributed by atoms with van der Waals surface area (Å²) in [4.78, 5) is 35.8. The summed E-state index contributed by atoms with van der Waals surface area (Å²) in [5.41, 5.74) is 2.50. The van der Waals surface area contributed by atoms with Crippen LogP contribution >= 0.6 is 0 Å². The molecule has 7 nitrogen and oxygen atoms in total. The van der Waals surface area contributed by atoms with Crippen LogP contribution in [0.5, 0.6) is 17.2 Å². The van der Waals surface area contributed by atoms with Crippen molar-refractivity contribution in [3.63, 3.8) is 0 Å². The lowest BCUT2D eigenvalue weighted by Crippen LogP contribution is -2.11. The van der Waals surface area contributed by atoms with Crippen molar-refractivity contribution in [2.75, 3.05) is 13.2 Å². The van der Waals surface area contributed by atoms with E-state index < -0.39 is 17.9 Å². The first-order valence-electron chi connectivity index (χ1n) is 11.0. The molecule has 0 fully saturated rings. The highest BCUT2D eigenvalue weighted by Crippen LogP contribution is 2.25. The van der Waals surface area contributed by atoms with Crippen LogP contribution < -0.4 is 14.2 Å². The Morgan fingerprint density at radius 1 is 0.771 bits per heavy atom. The molecule has 0 aromatic heterocycles. The van der Waals surface area contributed by atoms with E-state index in [2.05, 4.69) is 6.58 Å². The molecule has 0 aliphatic heterocycles. The van der Waals surface area contributed by atoms with Gasteiger partial charge in [0.25, 0.3) is 0 Å². The first kappa shape index (κ1) is 25.2. The molecule has 0 aliphatic rings. The second kappa shape index (κ2) is 12.2. The Kier molecular flexibility index (Phi) is 8.78. The summed E-state index contributed by atoms with van der Waals surface area (Å²) >= 11 is 0. The molecule has 0 heterocycles. The minimum Gasteiger partial charge on any atom is -0.493 e. The van der Waals surface area contributed by atoms with Crippen molar-refractivity contribution in [2.45, 2.75) is 20.3 Å². The number of hydrogen-bond donors (Lipinski definition) is 0. The lowest BCUT2D eigenvalue weighted by molar-refractivity contribution is -0.137. The Balaban J connectivity index is 1.51. The summed E-state index contributed by atoms with van der Waals surface area (Å²) < 4.78 is 21.4. The first-order chi connectivity index (χ1) is 16.9. The number of benzene rings is 3. The summed E-state index contributed by atoms with van der Waals surface area (Å²) in [6.07, 6.45) is 1.63. The van der Waals surface area contributed by atoms with Crippen molar-refractivity contribution < 1.29 is 33.3 Å². The van der Waals surface area contributed by atoms with Gasteiger partial charge in [-0.05, 0) is 74.0 Å². The molecule has 0 unspecified atom stereocenters. The third-order valence-electron chi connectivity index (χ3n) is 4.91. The molecule has 3 rings (SSSR count). The monoisotopic (exact) mass is 474 g/mol. The fourth-order valence-corrected chi connectivity index (χ4v) is 2.98. The van der Waals surface area contributed by atoms with Crippen LogP contribution in [0.25, 0.3) is 0 Å². The summed E-state index contributed by atoms with van der Waals surface area (Å²) in [6, 6.07) is 18.4. The zero-order chi connectivity index (χ0) is 25.2. The summed E-state index contributed by atoms with van der Waals surface area (Å²) in [5.74, 6) is -0.170. The highest BCUT2D eigenvalue weighted by Gasteiger charge is 2.13. The van der Waals surface area contributed by atoms with E-state index in [0.29, 0.717) is 47.0 Å². The summed E-state index contributed by atoms with van der Waals surface area (Å²) in [7, 11) is 0.